The molecule has 4 heteroatoms. The third kappa shape index (κ3) is 3.11. The smallest absolute Gasteiger partial charge is 0.307 e. The van der Waals surface area contributed by atoms with Crippen molar-refractivity contribution in [3.63, 3.8) is 0 Å². The van der Waals surface area contributed by atoms with Crippen LogP contribution in [-0.2, 0) is 4.79 Å². The van der Waals surface area contributed by atoms with Crippen LogP contribution in [0.4, 0.5) is 0 Å². The number of carbonyl (C=O) groups is 1. The van der Waals surface area contributed by atoms with Gasteiger partial charge in [-0.05, 0) is 17.7 Å². The van der Waals surface area contributed by atoms with Gasteiger partial charge in [0.05, 0.1) is 11.4 Å². The van der Waals surface area contributed by atoms with E-state index >= 15 is 0 Å². The van der Waals surface area contributed by atoms with Gasteiger partial charge in [0.2, 0.25) is 0 Å². The fourth-order valence-corrected chi connectivity index (χ4v) is 1.05. The first-order chi connectivity index (χ1) is 6.59. The maximum Gasteiger partial charge on any atom is 0.307 e. The summed E-state index contributed by atoms with van der Waals surface area (Å²) in [5.74, 6) is -0.899. The van der Waals surface area contributed by atoms with Gasteiger partial charge in [0, 0.05) is 0 Å². The van der Waals surface area contributed by atoms with E-state index in [1.165, 1.54) is 12.1 Å². The SMILES string of the molecule is O=C(O)CC=Cc1ccc(Cl)c(O)c1. The van der Waals surface area contributed by atoms with E-state index in [9.17, 15) is 9.90 Å². The Kier molecular flexibility index (Phi) is 3.54. The van der Waals surface area contributed by atoms with Crippen LogP contribution in [0.1, 0.15) is 12.0 Å². The van der Waals surface area contributed by atoms with Crippen LogP contribution in [0.2, 0.25) is 5.02 Å². The first kappa shape index (κ1) is 10.6. The predicted octanol–water partition coefficient (Wildman–Crippen LogP) is 2.53. The molecule has 0 aliphatic heterocycles. The molecule has 14 heavy (non-hydrogen) atoms. The third-order valence-electron chi connectivity index (χ3n) is 1.57. The summed E-state index contributed by atoms with van der Waals surface area (Å²) in [5.41, 5.74) is 0.716. The molecule has 0 heterocycles. The van der Waals surface area contributed by atoms with Gasteiger partial charge in [-0.3, -0.25) is 4.79 Å². The molecule has 0 saturated carbocycles. The van der Waals surface area contributed by atoms with Gasteiger partial charge in [0.1, 0.15) is 5.75 Å². The molecule has 74 valence electrons. The van der Waals surface area contributed by atoms with Crippen LogP contribution in [0.15, 0.2) is 24.3 Å². The summed E-state index contributed by atoms with van der Waals surface area (Å²) in [7, 11) is 0. The van der Waals surface area contributed by atoms with Crippen molar-refractivity contribution in [2.45, 2.75) is 6.42 Å². The van der Waals surface area contributed by atoms with Crippen LogP contribution in [0, 0.1) is 0 Å². The summed E-state index contributed by atoms with van der Waals surface area (Å²) in [6, 6.07) is 4.72. The molecule has 0 atom stereocenters. The van der Waals surface area contributed by atoms with Crippen LogP contribution in [0.5, 0.6) is 5.75 Å². The van der Waals surface area contributed by atoms with Gasteiger partial charge in [-0.1, -0.05) is 29.8 Å². The summed E-state index contributed by atoms with van der Waals surface area (Å²) in [6.45, 7) is 0. The second-order valence-corrected chi connectivity index (χ2v) is 3.12. The number of halogens is 1. The molecule has 0 spiro atoms. The van der Waals surface area contributed by atoms with Crippen molar-refractivity contribution in [2.24, 2.45) is 0 Å². The highest BCUT2D eigenvalue weighted by Crippen LogP contribution is 2.24. The fourth-order valence-electron chi connectivity index (χ4n) is 0.929. The second-order valence-electron chi connectivity index (χ2n) is 2.71. The lowest BCUT2D eigenvalue weighted by Crippen LogP contribution is -1.89. The number of aromatic hydroxyl groups is 1. The Balaban J connectivity index is 2.73. The van der Waals surface area contributed by atoms with E-state index in [0.717, 1.165) is 0 Å². The molecule has 1 aromatic carbocycles. The van der Waals surface area contributed by atoms with Gasteiger partial charge in [0.15, 0.2) is 0 Å². The van der Waals surface area contributed by atoms with E-state index in [-0.39, 0.29) is 17.2 Å². The molecule has 0 aliphatic rings. The first-order valence-electron chi connectivity index (χ1n) is 3.96. The van der Waals surface area contributed by atoms with Gasteiger partial charge in [-0.25, -0.2) is 0 Å². The van der Waals surface area contributed by atoms with Gasteiger partial charge < -0.3 is 10.2 Å². The molecule has 0 bridgehead atoms. The predicted molar refractivity (Wildman–Crippen MR) is 54.4 cm³/mol. The average molecular weight is 213 g/mol. The number of aliphatic carboxylic acids is 1. The van der Waals surface area contributed by atoms with Gasteiger partial charge in [-0.2, -0.15) is 0 Å². The van der Waals surface area contributed by atoms with Gasteiger partial charge >= 0.3 is 5.97 Å². The van der Waals surface area contributed by atoms with E-state index in [1.807, 2.05) is 0 Å². The van der Waals surface area contributed by atoms with Crippen LogP contribution < -0.4 is 0 Å². The molecule has 0 saturated heterocycles. The lowest BCUT2D eigenvalue weighted by molar-refractivity contribution is -0.135. The Hall–Kier alpha value is -1.48. The molecule has 3 nitrogen and oxygen atoms in total. The minimum Gasteiger partial charge on any atom is -0.506 e. The van der Waals surface area contributed by atoms with Gasteiger partial charge in [0.25, 0.3) is 0 Å². The fraction of sp³-hybridized carbons (Fsp3) is 0.100. The van der Waals surface area contributed by atoms with E-state index in [1.54, 1.807) is 18.2 Å². The second kappa shape index (κ2) is 4.67. The average Bonchev–Trinajstić information content (AvgIpc) is 2.10. The number of phenolic OH excluding ortho intramolecular Hbond substituents is 1. The molecule has 0 radical (unpaired) electrons. The quantitative estimate of drug-likeness (QED) is 0.810. The van der Waals surface area contributed by atoms with Crippen LogP contribution in [-0.4, -0.2) is 16.2 Å². The zero-order valence-corrected chi connectivity index (χ0v) is 8.03. The maximum absolute atomic E-state index is 10.2. The third-order valence-corrected chi connectivity index (χ3v) is 1.89. The number of rotatable bonds is 3. The Morgan fingerprint density at radius 2 is 2.21 bits per heavy atom. The zero-order chi connectivity index (χ0) is 10.6. The zero-order valence-electron chi connectivity index (χ0n) is 7.27. The molecule has 0 aromatic heterocycles. The lowest BCUT2D eigenvalue weighted by Gasteiger charge is -1.97. The van der Waals surface area contributed by atoms with Crippen molar-refractivity contribution >= 4 is 23.6 Å². The van der Waals surface area contributed by atoms with E-state index in [0.29, 0.717) is 5.56 Å². The summed E-state index contributed by atoms with van der Waals surface area (Å²) < 4.78 is 0. The molecule has 0 aliphatic carbocycles. The number of carboxylic acids is 1. The Labute approximate surface area is 86.3 Å². The number of carboxylic acid groups (broad SMARTS) is 1. The lowest BCUT2D eigenvalue weighted by atomic mass is 10.2. The van der Waals surface area contributed by atoms with Crippen molar-refractivity contribution in [1.29, 1.82) is 0 Å². The number of hydrogen-bond donors (Lipinski definition) is 2. The Morgan fingerprint density at radius 3 is 2.79 bits per heavy atom. The molecular formula is C10H9ClO3. The largest absolute Gasteiger partial charge is 0.506 e. The summed E-state index contributed by atoms with van der Waals surface area (Å²) in [4.78, 5) is 10.2. The van der Waals surface area contributed by atoms with Crippen molar-refractivity contribution in [2.75, 3.05) is 0 Å². The van der Waals surface area contributed by atoms with E-state index in [2.05, 4.69) is 0 Å². The molecule has 0 unspecified atom stereocenters. The standard InChI is InChI=1S/C10H9ClO3/c11-8-5-4-7(6-9(8)12)2-1-3-10(13)14/h1-2,4-6,12H,3H2,(H,13,14). The minimum atomic E-state index is -0.889. The summed E-state index contributed by atoms with van der Waals surface area (Å²) in [6.07, 6.45) is 3.08. The Bertz CT molecular complexity index is 372. The molecule has 1 aromatic rings. The topological polar surface area (TPSA) is 57.5 Å². The number of benzene rings is 1. The Morgan fingerprint density at radius 1 is 1.50 bits per heavy atom. The molecule has 1 rings (SSSR count). The molecule has 0 amide bonds. The number of phenols is 1. The van der Waals surface area contributed by atoms with Crippen molar-refractivity contribution in [3.8, 4) is 5.75 Å². The summed E-state index contributed by atoms with van der Waals surface area (Å²) in [5, 5.41) is 17.9. The molecule has 2 N–H and O–H groups in total. The van der Waals surface area contributed by atoms with Gasteiger partial charge in [-0.15, -0.1) is 0 Å². The van der Waals surface area contributed by atoms with E-state index in [4.69, 9.17) is 16.7 Å². The van der Waals surface area contributed by atoms with Crippen molar-refractivity contribution in [3.05, 3.63) is 34.9 Å². The molecular weight excluding hydrogens is 204 g/mol. The van der Waals surface area contributed by atoms with Crippen molar-refractivity contribution < 1.29 is 15.0 Å². The molecule has 0 fully saturated rings. The highest BCUT2D eigenvalue weighted by molar-refractivity contribution is 6.32. The maximum atomic E-state index is 10.2. The minimum absolute atomic E-state index is 0.0101. The monoisotopic (exact) mass is 212 g/mol. The van der Waals surface area contributed by atoms with Crippen LogP contribution in [0.25, 0.3) is 6.08 Å². The van der Waals surface area contributed by atoms with E-state index < -0.39 is 5.97 Å². The highest BCUT2D eigenvalue weighted by Gasteiger charge is 1.97. The summed E-state index contributed by atoms with van der Waals surface area (Å²) >= 11 is 5.60. The van der Waals surface area contributed by atoms with Crippen LogP contribution in [0.3, 0.4) is 0 Å². The number of hydrogen-bond acceptors (Lipinski definition) is 2. The highest BCUT2D eigenvalue weighted by atomic mass is 35.5. The van der Waals surface area contributed by atoms with Crippen LogP contribution >= 0.6 is 11.6 Å². The first-order valence-corrected chi connectivity index (χ1v) is 4.34. The van der Waals surface area contributed by atoms with Crippen molar-refractivity contribution in [1.82, 2.24) is 0 Å². The normalized spacial score (nSPS) is 10.6.